The second kappa shape index (κ2) is 5.66. The van der Waals surface area contributed by atoms with Crippen molar-refractivity contribution >= 4 is 11.6 Å². The van der Waals surface area contributed by atoms with Crippen LogP contribution >= 0.6 is 11.6 Å². The molecule has 0 heterocycles. The van der Waals surface area contributed by atoms with Crippen molar-refractivity contribution in [1.82, 2.24) is 0 Å². The monoisotopic (exact) mass is 272 g/mol. The molecule has 19 heavy (non-hydrogen) atoms. The normalized spacial score (nSPS) is 16.7. The molecule has 0 aromatic heterocycles. The van der Waals surface area contributed by atoms with Gasteiger partial charge in [0, 0.05) is 0 Å². The van der Waals surface area contributed by atoms with Crippen LogP contribution in [0.15, 0.2) is 54.6 Å². The van der Waals surface area contributed by atoms with Crippen molar-refractivity contribution in [3.8, 4) is 11.5 Å². The molecule has 0 spiro atoms. The average molecular weight is 273 g/mol. The lowest BCUT2D eigenvalue weighted by molar-refractivity contribution is 0.305. The van der Waals surface area contributed by atoms with Crippen molar-refractivity contribution in [2.75, 3.05) is 0 Å². The number of hydrogen-bond donors (Lipinski definition) is 0. The molecule has 0 amide bonds. The third kappa shape index (κ3) is 2.93. The minimum Gasteiger partial charge on any atom is -0.457 e. The molecule has 0 radical (unpaired) electrons. The van der Waals surface area contributed by atoms with Crippen LogP contribution in [-0.2, 0) is 0 Å². The fourth-order valence-corrected chi connectivity index (χ4v) is 2.75. The van der Waals surface area contributed by atoms with Crippen LogP contribution in [0.25, 0.3) is 0 Å². The van der Waals surface area contributed by atoms with Gasteiger partial charge in [-0.05, 0) is 48.6 Å². The highest BCUT2D eigenvalue weighted by Gasteiger charge is 2.26. The summed E-state index contributed by atoms with van der Waals surface area (Å²) in [6.45, 7) is 0. The number of rotatable bonds is 4. The number of para-hydroxylation sites is 1. The summed E-state index contributed by atoms with van der Waals surface area (Å²) in [7, 11) is 0. The van der Waals surface area contributed by atoms with Crippen molar-refractivity contribution < 1.29 is 4.74 Å². The zero-order chi connectivity index (χ0) is 13.1. The Bertz CT molecular complexity index is 517. The van der Waals surface area contributed by atoms with E-state index in [0.29, 0.717) is 5.92 Å². The molecule has 3 rings (SSSR count). The molecule has 0 saturated heterocycles. The van der Waals surface area contributed by atoms with E-state index in [9.17, 15) is 0 Å². The van der Waals surface area contributed by atoms with Crippen LogP contribution in [0.1, 0.15) is 30.2 Å². The molecule has 0 N–H and O–H groups in total. The molecule has 98 valence electrons. The SMILES string of the molecule is ClC(c1ccc(Oc2ccccc2)cc1)C1CCC1. The summed E-state index contributed by atoms with van der Waals surface area (Å²) in [5.41, 5.74) is 1.20. The van der Waals surface area contributed by atoms with E-state index in [4.69, 9.17) is 16.3 Å². The third-order valence-electron chi connectivity index (χ3n) is 3.74. The first kappa shape index (κ1) is 12.6. The predicted octanol–water partition coefficient (Wildman–Crippen LogP) is 5.56. The Hall–Kier alpha value is -1.47. The van der Waals surface area contributed by atoms with E-state index in [1.54, 1.807) is 0 Å². The molecule has 1 saturated carbocycles. The highest BCUT2D eigenvalue weighted by molar-refractivity contribution is 6.21. The molecule has 1 fully saturated rings. The fraction of sp³-hybridized carbons (Fsp3) is 0.294. The molecule has 2 aromatic rings. The molecule has 1 aliphatic rings. The van der Waals surface area contributed by atoms with E-state index < -0.39 is 0 Å². The van der Waals surface area contributed by atoms with Gasteiger partial charge in [0.2, 0.25) is 0 Å². The van der Waals surface area contributed by atoms with E-state index in [-0.39, 0.29) is 5.38 Å². The number of halogens is 1. The minimum atomic E-state index is 0.152. The van der Waals surface area contributed by atoms with Gasteiger partial charge in [-0.3, -0.25) is 0 Å². The summed E-state index contributed by atoms with van der Waals surface area (Å²) in [5.74, 6) is 2.37. The molecule has 1 aliphatic carbocycles. The average Bonchev–Trinajstić information content (AvgIpc) is 2.39. The lowest BCUT2D eigenvalue weighted by Crippen LogP contribution is -2.16. The van der Waals surface area contributed by atoms with Gasteiger partial charge in [-0.15, -0.1) is 11.6 Å². The van der Waals surface area contributed by atoms with Crippen LogP contribution in [0.5, 0.6) is 11.5 Å². The van der Waals surface area contributed by atoms with E-state index in [2.05, 4.69) is 12.1 Å². The minimum absolute atomic E-state index is 0.152. The first-order valence-electron chi connectivity index (χ1n) is 6.80. The Morgan fingerprint density at radius 2 is 1.53 bits per heavy atom. The lowest BCUT2D eigenvalue weighted by Gasteiger charge is -2.30. The molecule has 1 atom stereocenters. The van der Waals surface area contributed by atoms with E-state index in [0.717, 1.165) is 11.5 Å². The van der Waals surface area contributed by atoms with Crippen LogP contribution in [-0.4, -0.2) is 0 Å². The first-order chi connectivity index (χ1) is 9.33. The highest BCUT2D eigenvalue weighted by atomic mass is 35.5. The maximum Gasteiger partial charge on any atom is 0.127 e. The van der Waals surface area contributed by atoms with Crippen molar-refractivity contribution in [3.05, 3.63) is 60.2 Å². The maximum absolute atomic E-state index is 6.48. The molecule has 1 nitrogen and oxygen atoms in total. The summed E-state index contributed by atoms with van der Waals surface area (Å²) >= 11 is 6.48. The standard InChI is InChI=1S/C17H17ClO/c18-17(13-5-4-6-13)14-9-11-16(12-10-14)19-15-7-2-1-3-8-15/h1-3,7-13,17H,4-6H2. The second-order valence-corrected chi connectivity index (χ2v) is 5.55. The Kier molecular flexibility index (Phi) is 3.74. The molecule has 1 unspecified atom stereocenters. The van der Waals surface area contributed by atoms with Crippen LogP contribution in [0.4, 0.5) is 0 Å². The third-order valence-corrected chi connectivity index (χ3v) is 4.35. The van der Waals surface area contributed by atoms with Crippen LogP contribution in [0.3, 0.4) is 0 Å². The maximum atomic E-state index is 6.48. The summed E-state index contributed by atoms with van der Waals surface area (Å²) in [4.78, 5) is 0. The van der Waals surface area contributed by atoms with Crippen LogP contribution < -0.4 is 4.74 Å². The van der Waals surface area contributed by atoms with Crippen molar-refractivity contribution in [2.45, 2.75) is 24.6 Å². The van der Waals surface area contributed by atoms with Gasteiger partial charge in [0.15, 0.2) is 0 Å². The Labute approximate surface area is 119 Å². The lowest BCUT2D eigenvalue weighted by atomic mass is 9.80. The number of hydrogen-bond acceptors (Lipinski definition) is 1. The van der Waals surface area contributed by atoms with Crippen LogP contribution in [0, 0.1) is 5.92 Å². The zero-order valence-electron chi connectivity index (χ0n) is 10.8. The predicted molar refractivity (Wildman–Crippen MR) is 78.9 cm³/mol. The van der Waals surface area contributed by atoms with Gasteiger partial charge in [-0.1, -0.05) is 36.8 Å². The van der Waals surface area contributed by atoms with Gasteiger partial charge >= 0.3 is 0 Å². The van der Waals surface area contributed by atoms with E-state index >= 15 is 0 Å². The molecule has 2 aromatic carbocycles. The highest BCUT2D eigenvalue weighted by Crippen LogP contribution is 2.42. The second-order valence-electron chi connectivity index (χ2n) is 5.08. The van der Waals surface area contributed by atoms with Gasteiger partial charge in [-0.25, -0.2) is 0 Å². The van der Waals surface area contributed by atoms with Gasteiger partial charge in [0.25, 0.3) is 0 Å². The zero-order valence-corrected chi connectivity index (χ0v) is 11.5. The Morgan fingerprint density at radius 1 is 0.895 bits per heavy atom. The van der Waals surface area contributed by atoms with Gasteiger partial charge in [0.05, 0.1) is 5.38 Å². The Morgan fingerprint density at radius 3 is 2.11 bits per heavy atom. The van der Waals surface area contributed by atoms with E-state index in [1.807, 2.05) is 42.5 Å². The molecular formula is C17H17ClO. The largest absolute Gasteiger partial charge is 0.457 e. The van der Waals surface area contributed by atoms with Gasteiger partial charge < -0.3 is 4.74 Å². The quantitative estimate of drug-likeness (QED) is 0.662. The van der Waals surface area contributed by atoms with Crippen molar-refractivity contribution in [3.63, 3.8) is 0 Å². The number of alkyl halides is 1. The molecular weight excluding hydrogens is 256 g/mol. The molecule has 0 bridgehead atoms. The van der Waals surface area contributed by atoms with Crippen molar-refractivity contribution in [2.24, 2.45) is 5.92 Å². The number of benzene rings is 2. The summed E-state index contributed by atoms with van der Waals surface area (Å²) in [5, 5.41) is 0.152. The van der Waals surface area contributed by atoms with Gasteiger partial charge in [-0.2, -0.15) is 0 Å². The number of ether oxygens (including phenoxy) is 1. The molecule has 0 aliphatic heterocycles. The van der Waals surface area contributed by atoms with Crippen LogP contribution in [0.2, 0.25) is 0 Å². The van der Waals surface area contributed by atoms with E-state index in [1.165, 1.54) is 24.8 Å². The summed E-state index contributed by atoms with van der Waals surface area (Å²) in [6, 6.07) is 18.0. The van der Waals surface area contributed by atoms with Gasteiger partial charge in [0.1, 0.15) is 11.5 Å². The molecule has 2 heteroatoms. The fourth-order valence-electron chi connectivity index (χ4n) is 2.35. The smallest absolute Gasteiger partial charge is 0.127 e. The topological polar surface area (TPSA) is 9.23 Å². The summed E-state index contributed by atoms with van der Waals surface area (Å²) < 4.78 is 5.77. The Balaban J connectivity index is 1.68. The summed E-state index contributed by atoms with van der Waals surface area (Å²) in [6.07, 6.45) is 3.84. The van der Waals surface area contributed by atoms with Crippen molar-refractivity contribution in [1.29, 1.82) is 0 Å². The first-order valence-corrected chi connectivity index (χ1v) is 7.23.